The SMILES string of the molecule is O=C1COc2c(F)cc(NC(=O)NCCN3CCNC3=O)cc2N1. The molecule has 2 aliphatic heterocycles. The summed E-state index contributed by atoms with van der Waals surface area (Å²) in [6.07, 6.45) is 0. The molecule has 0 spiro atoms. The van der Waals surface area contributed by atoms with Gasteiger partial charge in [-0.05, 0) is 6.07 Å². The van der Waals surface area contributed by atoms with Gasteiger partial charge < -0.3 is 30.9 Å². The van der Waals surface area contributed by atoms with Crippen LogP contribution in [0.25, 0.3) is 0 Å². The minimum atomic E-state index is -0.684. The zero-order valence-corrected chi connectivity index (χ0v) is 12.6. The Balaban J connectivity index is 1.54. The third-order valence-corrected chi connectivity index (χ3v) is 3.54. The number of ether oxygens (including phenoxy) is 1. The van der Waals surface area contributed by atoms with Gasteiger partial charge in [0.05, 0.1) is 5.69 Å². The van der Waals surface area contributed by atoms with Gasteiger partial charge in [0.25, 0.3) is 5.91 Å². The fourth-order valence-electron chi connectivity index (χ4n) is 2.43. The summed E-state index contributed by atoms with van der Waals surface area (Å²) in [5.74, 6) is -1.13. The Morgan fingerprint density at radius 3 is 2.96 bits per heavy atom. The van der Waals surface area contributed by atoms with Gasteiger partial charge in [-0.1, -0.05) is 0 Å². The van der Waals surface area contributed by atoms with Gasteiger partial charge in [0, 0.05) is 37.9 Å². The van der Waals surface area contributed by atoms with Gasteiger partial charge in [0.1, 0.15) is 0 Å². The van der Waals surface area contributed by atoms with Crippen molar-refractivity contribution in [2.45, 2.75) is 0 Å². The van der Waals surface area contributed by atoms with Gasteiger partial charge >= 0.3 is 12.1 Å². The van der Waals surface area contributed by atoms with Crippen molar-refractivity contribution in [1.82, 2.24) is 15.5 Å². The van der Waals surface area contributed by atoms with E-state index in [-0.39, 0.29) is 36.3 Å². The maximum Gasteiger partial charge on any atom is 0.319 e. The molecule has 0 radical (unpaired) electrons. The molecule has 0 aromatic heterocycles. The number of anilines is 2. The molecule has 0 saturated carbocycles. The molecule has 3 rings (SSSR count). The summed E-state index contributed by atoms with van der Waals surface area (Å²) in [6, 6.07) is 1.80. The van der Waals surface area contributed by atoms with Crippen LogP contribution in [0.5, 0.6) is 5.75 Å². The van der Waals surface area contributed by atoms with Crippen molar-refractivity contribution in [3.05, 3.63) is 17.9 Å². The van der Waals surface area contributed by atoms with Gasteiger partial charge in [-0.25, -0.2) is 14.0 Å². The molecule has 0 unspecified atom stereocenters. The van der Waals surface area contributed by atoms with E-state index in [9.17, 15) is 18.8 Å². The summed E-state index contributed by atoms with van der Waals surface area (Å²) in [5.41, 5.74) is 0.337. The van der Waals surface area contributed by atoms with Crippen LogP contribution in [0.15, 0.2) is 12.1 Å². The van der Waals surface area contributed by atoms with Crippen molar-refractivity contribution in [3.63, 3.8) is 0 Å². The number of nitrogens with one attached hydrogen (secondary N) is 4. The molecule has 0 aliphatic carbocycles. The van der Waals surface area contributed by atoms with E-state index >= 15 is 0 Å². The predicted molar refractivity (Wildman–Crippen MR) is 82.5 cm³/mol. The Labute approximate surface area is 136 Å². The average molecular weight is 337 g/mol. The minimum absolute atomic E-state index is 0.0550. The topological polar surface area (TPSA) is 112 Å². The van der Waals surface area contributed by atoms with E-state index in [0.717, 1.165) is 6.07 Å². The molecule has 0 atom stereocenters. The largest absolute Gasteiger partial charge is 0.478 e. The highest BCUT2D eigenvalue weighted by atomic mass is 19.1. The predicted octanol–water partition coefficient (Wildman–Crippen LogP) is 0.303. The fraction of sp³-hybridized carbons (Fsp3) is 0.357. The first kappa shape index (κ1) is 15.8. The summed E-state index contributed by atoms with van der Waals surface area (Å²) < 4.78 is 18.9. The lowest BCUT2D eigenvalue weighted by atomic mass is 10.2. The number of hydrogen-bond acceptors (Lipinski definition) is 4. The van der Waals surface area contributed by atoms with Crippen molar-refractivity contribution >= 4 is 29.3 Å². The summed E-state index contributed by atoms with van der Waals surface area (Å²) in [4.78, 5) is 36.0. The molecule has 1 saturated heterocycles. The summed E-state index contributed by atoms with van der Waals surface area (Å²) in [6.45, 7) is 1.57. The first-order valence-electron chi connectivity index (χ1n) is 7.37. The number of amides is 5. The molecule has 0 bridgehead atoms. The highest BCUT2D eigenvalue weighted by Gasteiger charge is 2.21. The number of hydrogen-bond donors (Lipinski definition) is 4. The normalized spacial score (nSPS) is 16.0. The van der Waals surface area contributed by atoms with Crippen molar-refractivity contribution in [3.8, 4) is 5.75 Å². The summed E-state index contributed by atoms with van der Waals surface area (Å²) in [7, 11) is 0. The number of carbonyl (C=O) groups excluding carboxylic acids is 3. The van der Waals surface area contributed by atoms with E-state index in [1.54, 1.807) is 4.90 Å². The molecule has 128 valence electrons. The monoisotopic (exact) mass is 337 g/mol. The van der Waals surface area contributed by atoms with Crippen molar-refractivity contribution < 1.29 is 23.5 Å². The highest BCUT2D eigenvalue weighted by Crippen LogP contribution is 2.33. The molecule has 2 aliphatic rings. The third-order valence-electron chi connectivity index (χ3n) is 3.54. The quantitative estimate of drug-likeness (QED) is 0.633. The zero-order chi connectivity index (χ0) is 17.1. The van der Waals surface area contributed by atoms with E-state index < -0.39 is 17.8 Å². The van der Waals surface area contributed by atoms with Crippen molar-refractivity contribution in [1.29, 1.82) is 0 Å². The number of urea groups is 2. The van der Waals surface area contributed by atoms with Crippen LogP contribution < -0.4 is 26.0 Å². The van der Waals surface area contributed by atoms with Crippen LogP contribution in [-0.2, 0) is 4.79 Å². The standard InChI is InChI=1S/C14H16FN5O4/c15-9-5-8(6-10-12(9)24-7-11(21)19-10)18-13(22)16-1-3-20-4-2-17-14(20)23/h5-6H,1-4,7H2,(H,17,23)(H,19,21)(H2,16,18,22). The molecule has 4 N–H and O–H groups in total. The summed E-state index contributed by atoms with van der Waals surface area (Å²) >= 11 is 0. The van der Waals surface area contributed by atoms with Gasteiger partial charge in [-0.15, -0.1) is 0 Å². The Morgan fingerprint density at radius 2 is 2.21 bits per heavy atom. The Kier molecular flexibility index (Phi) is 4.36. The molecular weight excluding hydrogens is 321 g/mol. The lowest BCUT2D eigenvalue weighted by Gasteiger charge is -2.19. The van der Waals surface area contributed by atoms with Crippen molar-refractivity contribution in [2.75, 3.05) is 43.4 Å². The molecule has 10 heteroatoms. The van der Waals surface area contributed by atoms with Gasteiger partial charge in [0.15, 0.2) is 18.2 Å². The van der Waals surface area contributed by atoms with E-state index in [4.69, 9.17) is 4.74 Å². The molecule has 24 heavy (non-hydrogen) atoms. The van der Waals surface area contributed by atoms with Crippen LogP contribution in [0.4, 0.5) is 25.4 Å². The molecule has 9 nitrogen and oxygen atoms in total. The maximum absolute atomic E-state index is 13.9. The number of rotatable bonds is 4. The smallest absolute Gasteiger partial charge is 0.319 e. The molecular formula is C14H16FN5O4. The van der Waals surface area contributed by atoms with Gasteiger partial charge in [-0.2, -0.15) is 0 Å². The number of benzene rings is 1. The van der Waals surface area contributed by atoms with Crippen LogP contribution >= 0.6 is 0 Å². The number of carbonyl (C=O) groups is 3. The minimum Gasteiger partial charge on any atom is -0.478 e. The van der Waals surface area contributed by atoms with Gasteiger partial charge in [0.2, 0.25) is 0 Å². The Bertz CT molecular complexity index is 696. The molecule has 5 amide bonds. The molecule has 1 fully saturated rings. The second kappa shape index (κ2) is 6.60. The van der Waals surface area contributed by atoms with Crippen LogP contribution in [0, 0.1) is 5.82 Å². The van der Waals surface area contributed by atoms with E-state index in [0.29, 0.717) is 19.6 Å². The molecule has 1 aromatic rings. The van der Waals surface area contributed by atoms with Gasteiger partial charge in [-0.3, -0.25) is 4.79 Å². The average Bonchev–Trinajstić information content (AvgIpc) is 2.92. The second-order valence-electron chi connectivity index (χ2n) is 5.27. The van der Waals surface area contributed by atoms with Crippen LogP contribution in [0.1, 0.15) is 0 Å². The van der Waals surface area contributed by atoms with Crippen LogP contribution in [0.3, 0.4) is 0 Å². The Hall–Kier alpha value is -3.04. The first-order valence-corrected chi connectivity index (χ1v) is 7.37. The third kappa shape index (κ3) is 3.47. The lowest BCUT2D eigenvalue weighted by Crippen LogP contribution is -2.38. The van der Waals surface area contributed by atoms with Crippen LogP contribution in [0.2, 0.25) is 0 Å². The van der Waals surface area contributed by atoms with E-state index in [1.165, 1.54) is 6.07 Å². The molecule has 2 heterocycles. The number of fused-ring (bicyclic) bond motifs is 1. The summed E-state index contributed by atoms with van der Waals surface area (Å²) in [5, 5.41) is 10.2. The zero-order valence-electron chi connectivity index (χ0n) is 12.6. The Morgan fingerprint density at radius 1 is 1.38 bits per heavy atom. The number of nitrogens with zero attached hydrogens (tertiary/aromatic N) is 1. The lowest BCUT2D eigenvalue weighted by molar-refractivity contribution is -0.118. The second-order valence-corrected chi connectivity index (χ2v) is 5.27. The van der Waals surface area contributed by atoms with Crippen molar-refractivity contribution in [2.24, 2.45) is 0 Å². The number of halogens is 1. The molecule has 1 aromatic carbocycles. The highest BCUT2D eigenvalue weighted by molar-refractivity contribution is 5.97. The van der Waals surface area contributed by atoms with Crippen LogP contribution in [-0.4, -0.2) is 55.7 Å². The maximum atomic E-state index is 13.9. The fourth-order valence-corrected chi connectivity index (χ4v) is 2.43. The van der Waals surface area contributed by atoms with E-state index in [1.807, 2.05) is 0 Å². The first-order chi connectivity index (χ1) is 11.5. The van der Waals surface area contributed by atoms with E-state index in [2.05, 4.69) is 21.3 Å².